The van der Waals surface area contributed by atoms with Gasteiger partial charge < -0.3 is 15.0 Å². The zero-order valence-electron chi connectivity index (χ0n) is 18.1. The highest BCUT2D eigenvalue weighted by molar-refractivity contribution is 6.30. The van der Waals surface area contributed by atoms with Crippen molar-refractivity contribution in [2.24, 2.45) is 0 Å². The number of aromatic nitrogens is 2. The van der Waals surface area contributed by atoms with Crippen LogP contribution in [0.25, 0.3) is 0 Å². The summed E-state index contributed by atoms with van der Waals surface area (Å²) in [5.74, 6) is -1.68. The second kappa shape index (κ2) is 10.3. The molecular weight excluding hydrogens is 478 g/mol. The highest BCUT2D eigenvalue weighted by atomic mass is 35.5. The number of cyclic esters (lactones) is 2. The fourth-order valence-electron chi connectivity index (χ4n) is 3.55. The van der Waals surface area contributed by atoms with Crippen molar-refractivity contribution in [2.75, 3.05) is 23.3 Å². The Bertz CT molecular complexity index is 1230. The number of hydrogen-bond donors (Lipinski definition) is 1. The summed E-state index contributed by atoms with van der Waals surface area (Å²) >= 11 is 5.78. The lowest BCUT2D eigenvalue weighted by Crippen LogP contribution is -2.32. The van der Waals surface area contributed by atoms with E-state index in [1.54, 1.807) is 29.2 Å². The third-order valence-corrected chi connectivity index (χ3v) is 5.34. The predicted octanol–water partition coefficient (Wildman–Crippen LogP) is 1.51. The third-order valence-electron chi connectivity index (χ3n) is 5.15. The summed E-state index contributed by atoms with van der Waals surface area (Å²) in [6.45, 7) is 1.08. The Labute approximate surface area is 204 Å². The zero-order valence-corrected chi connectivity index (χ0v) is 18.8. The molecule has 12 heteroatoms. The van der Waals surface area contributed by atoms with E-state index >= 15 is 0 Å². The van der Waals surface area contributed by atoms with E-state index in [0.29, 0.717) is 35.3 Å². The quantitative estimate of drug-likeness (QED) is 0.380. The summed E-state index contributed by atoms with van der Waals surface area (Å²) in [5.41, 5.74) is 0.808. The van der Waals surface area contributed by atoms with Crippen molar-refractivity contribution >= 4 is 52.9 Å². The molecule has 3 aliphatic heterocycles. The van der Waals surface area contributed by atoms with Gasteiger partial charge in [0.05, 0.1) is 23.1 Å². The topological polar surface area (TPSA) is 139 Å². The molecule has 1 fully saturated rings. The minimum Gasteiger partial charge on any atom is -0.387 e. The number of esters is 2. The van der Waals surface area contributed by atoms with E-state index in [0.717, 1.165) is 23.5 Å². The second-order valence-electron chi connectivity index (χ2n) is 7.58. The van der Waals surface area contributed by atoms with Gasteiger partial charge in [0.1, 0.15) is 0 Å². The number of halogens is 1. The van der Waals surface area contributed by atoms with Gasteiger partial charge in [0.15, 0.2) is 0 Å². The zero-order chi connectivity index (χ0) is 24.9. The first-order chi connectivity index (χ1) is 16.8. The molecule has 0 radical (unpaired) electrons. The number of imide groups is 1. The Morgan fingerprint density at radius 3 is 2.26 bits per heavy atom. The number of anilines is 2. The minimum absolute atomic E-state index is 0.0271. The number of ether oxygens (including phenoxy) is 1. The smallest absolute Gasteiger partial charge is 0.338 e. The van der Waals surface area contributed by atoms with E-state index in [-0.39, 0.29) is 11.9 Å². The van der Waals surface area contributed by atoms with Crippen molar-refractivity contribution in [2.45, 2.75) is 12.5 Å². The van der Waals surface area contributed by atoms with E-state index < -0.39 is 23.8 Å². The van der Waals surface area contributed by atoms with Crippen molar-refractivity contribution in [3.63, 3.8) is 0 Å². The summed E-state index contributed by atoms with van der Waals surface area (Å²) in [4.78, 5) is 67.4. The van der Waals surface area contributed by atoms with E-state index in [2.05, 4.69) is 20.0 Å². The molecule has 1 N–H and O–H groups in total. The van der Waals surface area contributed by atoms with Gasteiger partial charge in [-0.05, 0) is 24.6 Å². The number of rotatable bonds is 4. The second-order valence-corrected chi connectivity index (χ2v) is 8.01. The third kappa shape index (κ3) is 5.76. The molecule has 0 aliphatic carbocycles. The molecule has 0 spiro atoms. The predicted molar refractivity (Wildman–Crippen MR) is 123 cm³/mol. The molecule has 3 aliphatic rings. The molecule has 4 heterocycles. The normalized spacial score (nSPS) is 18.6. The number of amides is 3. The first kappa shape index (κ1) is 23.8. The first-order valence-corrected chi connectivity index (χ1v) is 10.8. The SMILES string of the molecule is O=C(c1cccc(N2C(=O)C=CC2=O)c1)N1CC[C@@H](Nc2ncc(Cl)cn2)C1.O=C1C=CC(=O)O1. The lowest BCUT2D eigenvalue weighted by molar-refractivity contribution is -0.150. The minimum atomic E-state index is -0.579. The van der Waals surface area contributed by atoms with Crippen molar-refractivity contribution in [3.05, 3.63) is 71.5 Å². The Balaban J connectivity index is 0.000000356. The van der Waals surface area contributed by atoms with Crippen LogP contribution in [0.4, 0.5) is 11.6 Å². The van der Waals surface area contributed by atoms with E-state index in [4.69, 9.17) is 11.6 Å². The van der Waals surface area contributed by atoms with Crippen molar-refractivity contribution < 1.29 is 28.7 Å². The first-order valence-electron chi connectivity index (χ1n) is 10.4. The lowest BCUT2D eigenvalue weighted by Gasteiger charge is -2.19. The molecule has 0 bridgehead atoms. The molecular formula is C23H18ClN5O6. The van der Waals surface area contributed by atoms with E-state index in [1.807, 2.05) is 0 Å². The maximum absolute atomic E-state index is 12.9. The van der Waals surface area contributed by atoms with Gasteiger partial charge in [-0.25, -0.2) is 24.5 Å². The molecule has 11 nitrogen and oxygen atoms in total. The van der Waals surface area contributed by atoms with Gasteiger partial charge in [-0.15, -0.1) is 0 Å². The van der Waals surface area contributed by atoms with Gasteiger partial charge in [-0.2, -0.15) is 0 Å². The fourth-order valence-corrected chi connectivity index (χ4v) is 3.65. The molecule has 5 rings (SSSR count). The summed E-state index contributed by atoms with van der Waals surface area (Å²) in [6, 6.07) is 6.56. The van der Waals surface area contributed by atoms with E-state index in [1.165, 1.54) is 24.5 Å². The number of carbonyl (C=O) groups excluding carboxylic acids is 5. The average molecular weight is 496 g/mol. The van der Waals surface area contributed by atoms with Crippen LogP contribution in [0.3, 0.4) is 0 Å². The van der Waals surface area contributed by atoms with Crippen LogP contribution < -0.4 is 10.2 Å². The fraction of sp³-hybridized carbons (Fsp3) is 0.174. The molecule has 2 aromatic rings. The van der Waals surface area contributed by atoms with Crippen LogP contribution >= 0.6 is 11.6 Å². The van der Waals surface area contributed by atoms with Gasteiger partial charge in [0, 0.05) is 49.0 Å². The molecule has 3 amide bonds. The summed E-state index contributed by atoms with van der Waals surface area (Å²) in [6.07, 6.45) is 8.38. The Morgan fingerprint density at radius 1 is 1.00 bits per heavy atom. The van der Waals surface area contributed by atoms with Gasteiger partial charge in [-0.1, -0.05) is 17.7 Å². The molecule has 178 valence electrons. The van der Waals surface area contributed by atoms with Crippen molar-refractivity contribution in [1.29, 1.82) is 0 Å². The molecule has 0 unspecified atom stereocenters. The summed E-state index contributed by atoms with van der Waals surface area (Å²) < 4.78 is 3.97. The Morgan fingerprint density at radius 2 is 1.66 bits per heavy atom. The highest BCUT2D eigenvalue weighted by Crippen LogP contribution is 2.23. The van der Waals surface area contributed by atoms with Gasteiger partial charge in [0.2, 0.25) is 5.95 Å². The van der Waals surface area contributed by atoms with Gasteiger partial charge >= 0.3 is 11.9 Å². The monoisotopic (exact) mass is 495 g/mol. The Hall–Kier alpha value is -4.38. The molecule has 1 aromatic heterocycles. The van der Waals surface area contributed by atoms with Crippen molar-refractivity contribution in [3.8, 4) is 0 Å². The van der Waals surface area contributed by atoms with E-state index in [9.17, 15) is 24.0 Å². The number of benzene rings is 1. The summed E-state index contributed by atoms with van der Waals surface area (Å²) in [5, 5.41) is 3.65. The van der Waals surface area contributed by atoms with Crippen LogP contribution in [0.1, 0.15) is 16.8 Å². The Kier molecular flexibility index (Phi) is 6.97. The molecule has 1 atom stereocenters. The molecule has 1 saturated heterocycles. The summed E-state index contributed by atoms with van der Waals surface area (Å²) in [7, 11) is 0. The van der Waals surface area contributed by atoms with Crippen LogP contribution in [0, 0.1) is 0 Å². The average Bonchev–Trinajstić information content (AvgIpc) is 3.56. The van der Waals surface area contributed by atoms with Crippen LogP contribution in [0.15, 0.2) is 61.0 Å². The number of nitrogens with one attached hydrogen (secondary N) is 1. The van der Waals surface area contributed by atoms with Gasteiger partial charge in [-0.3, -0.25) is 14.4 Å². The van der Waals surface area contributed by atoms with Gasteiger partial charge in [0.25, 0.3) is 17.7 Å². The molecule has 0 saturated carbocycles. The van der Waals surface area contributed by atoms with Crippen molar-refractivity contribution in [1.82, 2.24) is 14.9 Å². The highest BCUT2D eigenvalue weighted by Gasteiger charge is 2.29. The van der Waals surface area contributed by atoms with Crippen LogP contribution in [0.5, 0.6) is 0 Å². The number of hydrogen-bond acceptors (Lipinski definition) is 9. The molecule has 35 heavy (non-hydrogen) atoms. The van der Waals surface area contributed by atoms with Crippen LogP contribution in [0.2, 0.25) is 5.02 Å². The maximum atomic E-state index is 12.9. The van der Waals surface area contributed by atoms with Crippen LogP contribution in [-0.2, 0) is 23.9 Å². The van der Waals surface area contributed by atoms with Crippen LogP contribution in [-0.4, -0.2) is 63.7 Å². The molecule has 1 aromatic carbocycles. The maximum Gasteiger partial charge on any atom is 0.338 e. The number of likely N-dealkylation sites (tertiary alicyclic amines) is 1. The largest absolute Gasteiger partial charge is 0.387 e. The number of carbonyl (C=O) groups is 5. The number of nitrogens with zero attached hydrogens (tertiary/aromatic N) is 4. The standard InChI is InChI=1S/C19H16ClN5O3.C4H2O3/c20-13-9-21-19(22-10-13)23-14-6-7-24(11-14)18(28)12-2-1-3-15(8-12)25-16(26)4-5-17(25)27;5-3-1-2-4(6)7-3/h1-5,8-10,14H,6-7,11H2,(H,21,22,23);1-2H/t14-;/m1./s1. The lowest BCUT2D eigenvalue weighted by atomic mass is 10.1.